The molecule has 2 aromatic heterocycles. The number of hydrogen-bond acceptors (Lipinski definition) is 4. The van der Waals surface area contributed by atoms with Crippen LogP contribution in [0.25, 0.3) is 11.5 Å². The minimum absolute atomic E-state index is 0.691. The molecule has 100 valence electrons. The first kappa shape index (κ1) is 14.2. The van der Waals surface area contributed by atoms with Crippen LogP contribution in [0.5, 0.6) is 0 Å². The predicted octanol–water partition coefficient (Wildman–Crippen LogP) is 3.53. The Morgan fingerprint density at radius 1 is 1.26 bits per heavy atom. The molecule has 0 spiro atoms. The van der Waals surface area contributed by atoms with Crippen molar-refractivity contribution in [2.45, 2.75) is 26.7 Å². The van der Waals surface area contributed by atoms with Gasteiger partial charge in [0.1, 0.15) is 11.5 Å². The Kier molecular flexibility index (Phi) is 5.07. The Labute approximate surface area is 127 Å². The average Bonchev–Trinajstić information content (AvgIpc) is 2.46. The molecule has 0 saturated carbocycles. The molecule has 0 saturated heterocycles. The highest BCUT2D eigenvalue weighted by atomic mass is 127. The Morgan fingerprint density at radius 2 is 2.11 bits per heavy atom. The Bertz CT molecular complexity index is 557. The summed E-state index contributed by atoms with van der Waals surface area (Å²) in [5.74, 6) is 1.58. The van der Waals surface area contributed by atoms with Crippen molar-refractivity contribution in [1.29, 1.82) is 0 Å². The third-order valence-electron chi connectivity index (χ3n) is 2.77. The number of halogens is 1. The van der Waals surface area contributed by atoms with E-state index in [1.807, 2.05) is 12.3 Å². The first-order valence-corrected chi connectivity index (χ1v) is 7.54. The molecule has 0 radical (unpaired) electrons. The largest absolute Gasteiger partial charge is 0.369 e. The molecule has 2 rings (SSSR count). The van der Waals surface area contributed by atoms with Crippen LogP contribution < -0.4 is 5.32 Å². The monoisotopic (exact) mass is 368 g/mol. The van der Waals surface area contributed by atoms with Gasteiger partial charge in [0.05, 0.1) is 3.57 Å². The van der Waals surface area contributed by atoms with Crippen LogP contribution in [0.1, 0.15) is 25.8 Å². The average molecular weight is 368 g/mol. The predicted molar refractivity (Wildman–Crippen MR) is 86.1 cm³/mol. The molecule has 0 bridgehead atoms. The SMILES string of the molecule is CCCNc1nc(-c2ncccc2CC)ncc1I. The van der Waals surface area contributed by atoms with E-state index in [0.29, 0.717) is 5.82 Å². The molecule has 0 aliphatic carbocycles. The molecule has 0 atom stereocenters. The van der Waals surface area contributed by atoms with E-state index in [1.54, 1.807) is 6.20 Å². The number of anilines is 1. The van der Waals surface area contributed by atoms with Crippen molar-refractivity contribution in [3.05, 3.63) is 33.7 Å². The van der Waals surface area contributed by atoms with Crippen molar-refractivity contribution in [3.63, 3.8) is 0 Å². The number of rotatable bonds is 5. The summed E-state index contributed by atoms with van der Waals surface area (Å²) < 4.78 is 1.03. The van der Waals surface area contributed by atoms with Gasteiger partial charge in [-0.25, -0.2) is 9.97 Å². The number of hydrogen-bond donors (Lipinski definition) is 1. The lowest BCUT2D eigenvalue weighted by Crippen LogP contribution is -2.06. The topological polar surface area (TPSA) is 50.7 Å². The van der Waals surface area contributed by atoms with Gasteiger partial charge in [-0.1, -0.05) is 19.9 Å². The minimum atomic E-state index is 0.691. The second-order valence-corrected chi connectivity index (χ2v) is 5.34. The number of nitrogens with one attached hydrogen (secondary N) is 1. The molecule has 0 amide bonds. The summed E-state index contributed by atoms with van der Waals surface area (Å²) in [4.78, 5) is 13.4. The summed E-state index contributed by atoms with van der Waals surface area (Å²) in [7, 11) is 0. The quantitative estimate of drug-likeness (QED) is 0.821. The molecule has 5 heteroatoms. The van der Waals surface area contributed by atoms with Crippen molar-refractivity contribution in [2.24, 2.45) is 0 Å². The van der Waals surface area contributed by atoms with Crippen LogP contribution in [0, 0.1) is 3.57 Å². The van der Waals surface area contributed by atoms with Gasteiger partial charge in [-0.3, -0.25) is 4.98 Å². The van der Waals surface area contributed by atoms with E-state index in [-0.39, 0.29) is 0 Å². The van der Waals surface area contributed by atoms with Gasteiger partial charge in [0.25, 0.3) is 0 Å². The maximum absolute atomic E-state index is 4.60. The molecule has 0 aliphatic heterocycles. The van der Waals surface area contributed by atoms with Gasteiger partial charge in [-0.2, -0.15) is 0 Å². The Hall–Kier alpha value is -1.24. The molecule has 19 heavy (non-hydrogen) atoms. The van der Waals surface area contributed by atoms with Crippen LogP contribution in [-0.4, -0.2) is 21.5 Å². The maximum Gasteiger partial charge on any atom is 0.180 e. The van der Waals surface area contributed by atoms with Crippen LogP contribution in [-0.2, 0) is 6.42 Å². The van der Waals surface area contributed by atoms with Gasteiger partial charge in [0.2, 0.25) is 0 Å². The number of nitrogens with zero attached hydrogens (tertiary/aromatic N) is 3. The van der Waals surface area contributed by atoms with Crippen LogP contribution in [0.15, 0.2) is 24.5 Å². The van der Waals surface area contributed by atoms with E-state index < -0.39 is 0 Å². The summed E-state index contributed by atoms with van der Waals surface area (Å²) in [6.07, 6.45) is 5.62. The highest BCUT2D eigenvalue weighted by Crippen LogP contribution is 2.22. The summed E-state index contributed by atoms with van der Waals surface area (Å²) in [5.41, 5.74) is 2.05. The lowest BCUT2D eigenvalue weighted by atomic mass is 10.1. The van der Waals surface area contributed by atoms with E-state index in [4.69, 9.17) is 0 Å². The molecular weight excluding hydrogens is 351 g/mol. The first-order valence-electron chi connectivity index (χ1n) is 6.47. The van der Waals surface area contributed by atoms with E-state index >= 15 is 0 Å². The molecule has 0 aliphatic rings. The van der Waals surface area contributed by atoms with Gasteiger partial charge in [0, 0.05) is 18.9 Å². The van der Waals surface area contributed by atoms with Gasteiger partial charge in [-0.05, 0) is 47.1 Å². The fraction of sp³-hybridized carbons (Fsp3) is 0.357. The number of pyridine rings is 1. The molecule has 0 fully saturated rings. The number of aryl methyl sites for hydroxylation is 1. The van der Waals surface area contributed by atoms with Gasteiger partial charge in [0.15, 0.2) is 5.82 Å². The standard InChI is InChI=1S/C14H17IN4/c1-3-7-17-13-11(15)9-18-14(19-13)12-10(4-2)6-5-8-16-12/h5-6,8-9H,3-4,7H2,1-2H3,(H,17,18,19). The fourth-order valence-corrected chi connectivity index (χ4v) is 2.22. The second-order valence-electron chi connectivity index (χ2n) is 4.18. The maximum atomic E-state index is 4.60. The summed E-state index contributed by atoms with van der Waals surface area (Å²) in [6, 6.07) is 4.02. The lowest BCUT2D eigenvalue weighted by Gasteiger charge is -2.09. The first-order chi connectivity index (χ1) is 9.26. The smallest absolute Gasteiger partial charge is 0.180 e. The molecule has 4 nitrogen and oxygen atoms in total. The van der Waals surface area contributed by atoms with Gasteiger partial charge in [-0.15, -0.1) is 0 Å². The molecule has 2 heterocycles. The van der Waals surface area contributed by atoms with Crippen LogP contribution >= 0.6 is 22.6 Å². The van der Waals surface area contributed by atoms with Crippen molar-refractivity contribution in [3.8, 4) is 11.5 Å². The molecule has 2 aromatic rings. The fourth-order valence-electron chi connectivity index (χ4n) is 1.77. The lowest BCUT2D eigenvalue weighted by molar-refractivity contribution is 0.960. The molecular formula is C14H17IN4. The van der Waals surface area contributed by atoms with Crippen molar-refractivity contribution < 1.29 is 0 Å². The second kappa shape index (κ2) is 6.79. The summed E-state index contributed by atoms with van der Waals surface area (Å²) >= 11 is 2.25. The van der Waals surface area contributed by atoms with Crippen LogP contribution in [0.3, 0.4) is 0 Å². The molecule has 0 aromatic carbocycles. The normalized spacial score (nSPS) is 10.5. The van der Waals surface area contributed by atoms with Crippen LogP contribution in [0.4, 0.5) is 5.82 Å². The van der Waals surface area contributed by atoms with Crippen molar-refractivity contribution >= 4 is 28.4 Å². The molecule has 1 N–H and O–H groups in total. The third kappa shape index (κ3) is 3.40. The van der Waals surface area contributed by atoms with E-state index in [0.717, 1.165) is 34.5 Å². The molecule has 0 unspecified atom stereocenters. The Morgan fingerprint density at radius 3 is 2.84 bits per heavy atom. The highest BCUT2D eigenvalue weighted by molar-refractivity contribution is 14.1. The third-order valence-corrected chi connectivity index (χ3v) is 3.56. The number of aromatic nitrogens is 3. The minimum Gasteiger partial charge on any atom is -0.369 e. The van der Waals surface area contributed by atoms with Gasteiger partial charge >= 0.3 is 0 Å². The van der Waals surface area contributed by atoms with E-state index in [9.17, 15) is 0 Å². The highest BCUT2D eigenvalue weighted by Gasteiger charge is 2.10. The zero-order valence-corrected chi connectivity index (χ0v) is 13.3. The zero-order valence-electron chi connectivity index (χ0n) is 11.2. The van der Waals surface area contributed by atoms with Gasteiger partial charge < -0.3 is 5.32 Å². The van der Waals surface area contributed by atoms with E-state index in [2.05, 4.69) is 62.8 Å². The van der Waals surface area contributed by atoms with Crippen LogP contribution in [0.2, 0.25) is 0 Å². The Balaban J connectivity index is 2.39. The summed E-state index contributed by atoms with van der Waals surface area (Å²) in [6.45, 7) is 5.16. The van der Waals surface area contributed by atoms with Crippen molar-refractivity contribution in [1.82, 2.24) is 15.0 Å². The zero-order chi connectivity index (χ0) is 13.7. The van der Waals surface area contributed by atoms with E-state index in [1.165, 1.54) is 5.56 Å². The van der Waals surface area contributed by atoms with Crippen molar-refractivity contribution in [2.75, 3.05) is 11.9 Å². The summed E-state index contributed by atoms with van der Waals surface area (Å²) in [5, 5.41) is 3.32.